The lowest BCUT2D eigenvalue weighted by Gasteiger charge is -2.12. The van der Waals surface area contributed by atoms with E-state index >= 15 is 0 Å². The summed E-state index contributed by atoms with van der Waals surface area (Å²) >= 11 is 0. The Hall–Kier alpha value is -2.71. The third-order valence-corrected chi connectivity index (χ3v) is 4.62. The number of hydrogen-bond acceptors (Lipinski definition) is 4. The van der Waals surface area contributed by atoms with Crippen LogP contribution in [0.1, 0.15) is 5.69 Å². The van der Waals surface area contributed by atoms with Gasteiger partial charge in [0.25, 0.3) is 0 Å². The van der Waals surface area contributed by atoms with Gasteiger partial charge in [-0.3, -0.25) is 9.97 Å². The van der Waals surface area contributed by atoms with Crippen LogP contribution in [-0.2, 0) is 10.0 Å². The molecule has 2 heterocycles. The van der Waals surface area contributed by atoms with Crippen molar-refractivity contribution >= 4 is 10.0 Å². The highest BCUT2D eigenvalue weighted by molar-refractivity contribution is 7.89. The van der Waals surface area contributed by atoms with Crippen LogP contribution < -0.4 is 5.14 Å². The summed E-state index contributed by atoms with van der Waals surface area (Å²) in [5, 5.41) is 4.86. The minimum Gasteiger partial charge on any atom is -0.261 e. The minimum atomic E-state index is -4.51. The van der Waals surface area contributed by atoms with Crippen molar-refractivity contribution in [3.63, 3.8) is 0 Å². The average Bonchev–Trinajstić information content (AvgIpc) is 2.53. The quantitative estimate of drug-likeness (QED) is 0.777. The van der Waals surface area contributed by atoms with Gasteiger partial charge in [0.05, 0.1) is 5.69 Å². The number of aryl methyl sites for hydroxylation is 1. The van der Waals surface area contributed by atoms with E-state index in [0.29, 0.717) is 11.3 Å². The first kappa shape index (κ1) is 17.1. The van der Waals surface area contributed by atoms with Gasteiger partial charge in [-0.2, -0.15) is 0 Å². The molecule has 0 spiro atoms. The molecule has 0 radical (unpaired) electrons. The van der Waals surface area contributed by atoms with Gasteiger partial charge in [0.2, 0.25) is 10.0 Å². The van der Waals surface area contributed by atoms with E-state index in [1.165, 1.54) is 6.20 Å². The highest BCUT2D eigenvalue weighted by Gasteiger charge is 2.23. The maximum absolute atomic E-state index is 14.2. The van der Waals surface area contributed by atoms with E-state index in [9.17, 15) is 17.2 Å². The summed E-state index contributed by atoms with van der Waals surface area (Å²) in [5.41, 5.74) is 2.50. The maximum atomic E-state index is 14.2. The third-order valence-electron chi connectivity index (χ3n) is 3.66. The van der Waals surface area contributed by atoms with Gasteiger partial charge in [0.1, 0.15) is 11.6 Å². The van der Waals surface area contributed by atoms with E-state index in [2.05, 4.69) is 9.97 Å². The van der Waals surface area contributed by atoms with Gasteiger partial charge in [-0.15, -0.1) is 0 Å². The van der Waals surface area contributed by atoms with Crippen molar-refractivity contribution in [2.45, 2.75) is 11.8 Å². The average molecular weight is 361 g/mol. The monoisotopic (exact) mass is 361 g/mol. The molecule has 0 amide bonds. The molecule has 1 aromatic carbocycles. The van der Waals surface area contributed by atoms with E-state index in [-0.39, 0.29) is 5.56 Å². The number of rotatable bonds is 3. The summed E-state index contributed by atoms with van der Waals surface area (Å²) in [6, 6.07) is 8.80. The molecule has 0 unspecified atom stereocenters. The highest BCUT2D eigenvalue weighted by Crippen LogP contribution is 2.33. The van der Waals surface area contributed by atoms with Crippen molar-refractivity contribution in [2.24, 2.45) is 5.14 Å². The smallest absolute Gasteiger partial charge is 0.243 e. The molecule has 0 atom stereocenters. The van der Waals surface area contributed by atoms with Crippen LogP contribution in [0.2, 0.25) is 0 Å². The number of aromatic nitrogens is 2. The van der Waals surface area contributed by atoms with Crippen LogP contribution in [0.3, 0.4) is 0 Å². The molecule has 25 heavy (non-hydrogen) atoms. The first-order valence-electron chi connectivity index (χ1n) is 7.18. The molecule has 0 fully saturated rings. The van der Waals surface area contributed by atoms with Crippen LogP contribution in [0.5, 0.6) is 0 Å². The second-order valence-corrected chi connectivity index (χ2v) is 6.85. The van der Waals surface area contributed by atoms with E-state index in [1.54, 1.807) is 31.3 Å². The van der Waals surface area contributed by atoms with Crippen molar-refractivity contribution in [3.05, 3.63) is 66.1 Å². The minimum absolute atomic E-state index is 0.0984. The molecule has 0 aliphatic rings. The molecule has 3 aromatic rings. The number of halogens is 2. The Balaban J connectivity index is 2.25. The van der Waals surface area contributed by atoms with E-state index in [1.807, 2.05) is 6.07 Å². The van der Waals surface area contributed by atoms with Gasteiger partial charge in [0.15, 0.2) is 4.90 Å². The Kier molecular flexibility index (Phi) is 4.32. The molecule has 0 aliphatic heterocycles. The normalized spacial score (nSPS) is 11.5. The van der Waals surface area contributed by atoms with Crippen molar-refractivity contribution in [1.82, 2.24) is 9.97 Å². The summed E-state index contributed by atoms with van der Waals surface area (Å²) in [6.07, 6.45) is 3.11. The van der Waals surface area contributed by atoms with E-state index in [0.717, 1.165) is 23.4 Å². The lowest BCUT2D eigenvalue weighted by Crippen LogP contribution is -2.16. The number of hydrogen-bond donors (Lipinski definition) is 1. The second kappa shape index (κ2) is 6.30. The first-order chi connectivity index (χ1) is 11.8. The van der Waals surface area contributed by atoms with Crippen LogP contribution in [0, 0.1) is 18.6 Å². The molecule has 0 saturated heterocycles. The van der Waals surface area contributed by atoms with Gasteiger partial charge in [-0.1, -0.05) is 12.1 Å². The maximum Gasteiger partial charge on any atom is 0.243 e. The van der Waals surface area contributed by atoms with Gasteiger partial charge < -0.3 is 0 Å². The Labute approximate surface area is 143 Å². The van der Waals surface area contributed by atoms with E-state index in [4.69, 9.17) is 5.14 Å². The largest absolute Gasteiger partial charge is 0.261 e. The number of benzene rings is 1. The molecule has 2 aromatic heterocycles. The Morgan fingerprint density at radius 1 is 0.960 bits per heavy atom. The number of nitrogens with two attached hydrogens (primary N) is 1. The second-order valence-electron chi connectivity index (χ2n) is 5.35. The molecule has 0 bridgehead atoms. The predicted molar refractivity (Wildman–Crippen MR) is 88.9 cm³/mol. The predicted octanol–water partition coefficient (Wildman–Crippen LogP) is 3.04. The standard InChI is InChI=1S/C17H13F2N3O2S/c1-10-12(4-2-6-21-10)13-5-3-7-22-16(13)11-8-14(18)17(15(19)9-11)25(20,23)24/h2-9H,1H3,(H2,20,23,24). The van der Waals surface area contributed by atoms with Crippen LogP contribution in [0.4, 0.5) is 8.78 Å². The topological polar surface area (TPSA) is 85.9 Å². The van der Waals surface area contributed by atoms with Gasteiger partial charge in [-0.05, 0) is 31.2 Å². The van der Waals surface area contributed by atoms with Crippen LogP contribution >= 0.6 is 0 Å². The summed E-state index contributed by atoms with van der Waals surface area (Å²) < 4.78 is 51.0. The third kappa shape index (κ3) is 3.26. The van der Waals surface area contributed by atoms with Crippen LogP contribution in [0.25, 0.3) is 22.4 Å². The zero-order valence-electron chi connectivity index (χ0n) is 13.1. The fourth-order valence-electron chi connectivity index (χ4n) is 2.59. The fraction of sp³-hybridized carbons (Fsp3) is 0.0588. The zero-order chi connectivity index (χ0) is 18.2. The molecule has 0 aliphatic carbocycles. The van der Waals surface area contributed by atoms with Crippen LogP contribution in [-0.4, -0.2) is 18.4 Å². The lowest BCUT2D eigenvalue weighted by molar-refractivity contribution is 0.520. The molecule has 128 valence electrons. The number of primary sulfonamides is 1. The van der Waals surface area contributed by atoms with E-state index < -0.39 is 26.6 Å². The van der Waals surface area contributed by atoms with Gasteiger partial charge >= 0.3 is 0 Å². The first-order valence-corrected chi connectivity index (χ1v) is 8.73. The molecule has 3 rings (SSSR count). The number of sulfonamides is 1. The Morgan fingerprint density at radius 2 is 1.52 bits per heavy atom. The molecule has 5 nitrogen and oxygen atoms in total. The molecule has 2 N–H and O–H groups in total. The Bertz CT molecular complexity index is 1050. The van der Waals surface area contributed by atoms with Crippen molar-refractivity contribution in [3.8, 4) is 22.4 Å². The SMILES string of the molecule is Cc1ncccc1-c1cccnc1-c1cc(F)c(S(N)(=O)=O)c(F)c1. The summed E-state index contributed by atoms with van der Waals surface area (Å²) in [5.74, 6) is -2.53. The van der Waals surface area contributed by atoms with Crippen molar-refractivity contribution in [2.75, 3.05) is 0 Å². The lowest BCUT2D eigenvalue weighted by atomic mass is 9.98. The van der Waals surface area contributed by atoms with Crippen LogP contribution in [0.15, 0.2) is 53.7 Å². The summed E-state index contributed by atoms with van der Waals surface area (Å²) in [7, 11) is -4.51. The molecular weight excluding hydrogens is 348 g/mol. The highest BCUT2D eigenvalue weighted by atomic mass is 32.2. The van der Waals surface area contributed by atoms with Gasteiger partial charge in [0, 0.05) is 34.8 Å². The van der Waals surface area contributed by atoms with Gasteiger partial charge in [-0.25, -0.2) is 22.3 Å². The molecular formula is C17H13F2N3O2S. The fourth-order valence-corrected chi connectivity index (χ4v) is 3.25. The van der Waals surface area contributed by atoms with Crippen molar-refractivity contribution < 1.29 is 17.2 Å². The van der Waals surface area contributed by atoms with Crippen molar-refractivity contribution in [1.29, 1.82) is 0 Å². The Morgan fingerprint density at radius 3 is 2.08 bits per heavy atom. The number of nitrogens with zero attached hydrogens (tertiary/aromatic N) is 2. The molecule has 0 saturated carbocycles. The zero-order valence-corrected chi connectivity index (χ0v) is 13.9. The summed E-state index contributed by atoms with van der Waals surface area (Å²) in [6.45, 7) is 1.80. The number of pyridine rings is 2. The summed E-state index contributed by atoms with van der Waals surface area (Å²) in [4.78, 5) is 7.24. The molecule has 8 heteroatoms.